The molecular weight excluding hydrogens is 360 g/mol. The van der Waals surface area contributed by atoms with E-state index in [-0.39, 0.29) is 29.4 Å². The Morgan fingerprint density at radius 1 is 1.24 bits per heavy atom. The molecule has 2 aromatic carbocycles. The van der Waals surface area contributed by atoms with Gasteiger partial charge in [0.2, 0.25) is 5.91 Å². The number of benzene rings is 2. The first-order valence-corrected chi connectivity index (χ1v) is 8.94. The van der Waals surface area contributed by atoms with Gasteiger partial charge in [0, 0.05) is 16.3 Å². The highest BCUT2D eigenvalue weighted by Crippen LogP contribution is 2.23. The van der Waals surface area contributed by atoms with Gasteiger partial charge in [-0.15, -0.1) is 0 Å². The molecule has 0 bridgehead atoms. The SMILES string of the molecule is Cc1ccc(Cl)cc1NC(=O)c1cccc(CN2C(=O)CSC2=O)c1. The number of imide groups is 1. The quantitative estimate of drug-likeness (QED) is 0.875. The largest absolute Gasteiger partial charge is 0.322 e. The van der Waals surface area contributed by atoms with Crippen LogP contribution in [0.3, 0.4) is 0 Å². The molecule has 3 amide bonds. The highest BCUT2D eigenvalue weighted by Gasteiger charge is 2.29. The number of rotatable bonds is 4. The highest BCUT2D eigenvalue weighted by molar-refractivity contribution is 8.14. The topological polar surface area (TPSA) is 66.5 Å². The normalized spacial score (nSPS) is 14.1. The summed E-state index contributed by atoms with van der Waals surface area (Å²) in [5.41, 5.74) is 2.71. The highest BCUT2D eigenvalue weighted by atomic mass is 35.5. The van der Waals surface area contributed by atoms with Gasteiger partial charge in [-0.1, -0.05) is 41.6 Å². The van der Waals surface area contributed by atoms with E-state index in [0.717, 1.165) is 22.9 Å². The second-order valence-corrected chi connectivity index (χ2v) is 7.01. The van der Waals surface area contributed by atoms with Crippen LogP contribution in [-0.2, 0) is 11.3 Å². The van der Waals surface area contributed by atoms with E-state index in [2.05, 4.69) is 5.32 Å². The third kappa shape index (κ3) is 4.03. The summed E-state index contributed by atoms with van der Waals surface area (Å²) in [5, 5.41) is 3.12. The number of hydrogen-bond donors (Lipinski definition) is 1. The molecule has 1 saturated heterocycles. The van der Waals surface area contributed by atoms with Crippen molar-refractivity contribution in [1.29, 1.82) is 0 Å². The third-order valence-electron chi connectivity index (χ3n) is 3.82. The number of thioether (sulfide) groups is 1. The molecule has 0 saturated carbocycles. The molecule has 1 N–H and O–H groups in total. The number of carbonyl (C=O) groups is 3. The number of nitrogens with zero attached hydrogens (tertiary/aromatic N) is 1. The van der Waals surface area contributed by atoms with Crippen molar-refractivity contribution in [1.82, 2.24) is 4.90 Å². The van der Waals surface area contributed by atoms with Crippen LogP contribution in [0.2, 0.25) is 5.02 Å². The van der Waals surface area contributed by atoms with Crippen LogP contribution in [0.4, 0.5) is 10.5 Å². The van der Waals surface area contributed by atoms with Crippen molar-refractivity contribution in [2.24, 2.45) is 0 Å². The van der Waals surface area contributed by atoms with E-state index in [4.69, 9.17) is 11.6 Å². The maximum absolute atomic E-state index is 12.5. The Bertz CT molecular complexity index is 853. The van der Waals surface area contributed by atoms with Crippen LogP contribution in [0.15, 0.2) is 42.5 Å². The van der Waals surface area contributed by atoms with Gasteiger partial charge < -0.3 is 5.32 Å². The number of carbonyl (C=O) groups excluding carboxylic acids is 3. The molecule has 5 nitrogen and oxygen atoms in total. The van der Waals surface area contributed by atoms with E-state index in [1.807, 2.05) is 13.0 Å². The minimum atomic E-state index is -0.277. The van der Waals surface area contributed by atoms with Gasteiger partial charge in [-0.05, 0) is 42.3 Å². The lowest BCUT2D eigenvalue weighted by molar-refractivity contribution is -0.125. The van der Waals surface area contributed by atoms with Gasteiger partial charge in [-0.25, -0.2) is 0 Å². The maximum Gasteiger partial charge on any atom is 0.289 e. The molecule has 0 spiro atoms. The summed E-state index contributed by atoms with van der Waals surface area (Å²) in [6.45, 7) is 2.05. The van der Waals surface area contributed by atoms with Gasteiger partial charge in [0.15, 0.2) is 0 Å². The van der Waals surface area contributed by atoms with Gasteiger partial charge in [0.1, 0.15) is 0 Å². The molecule has 1 aliphatic heterocycles. The summed E-state index contributed by atoms with van der Waals surface area (Å²) in [7, 11) is 0. The fourth-order valence-corrected chi connectivity index (χ4v) is 3.35. The minimum absolute atomic E-state index is 0.169. The second-order valence-electron chi connectivity index (χ2n) is 5.65. The van der Waals surface area contributed by atoms with Gasteiger partial charge >= 0.3 is 0 Å². The Morgan fingerprint density at radius 3 is 2.76 bits per heavy atom. The monoisotopic (exact) mass is 374 g/mol. The number of hydrogen-bond acceptors (Lipinski definition) is 4. The summed E-state index contributed by atoms with van der Waals surface area (Å²) in [5.74, 6) is -0.312. The lowest BCUT2D eigenvalue weighted by atomic mass is 10.1. The van der Waals surface area contributed by atoms with E-state index < -0.39 is 0 Å². The molecule has 0 radical (unpaired) electrons. The molecular formula is C18H15ClN2O3S. The van der Waals surface area contributed by atoms with E-state index in [0.29, 0.717) is 16.3 Å². The molecule has 2 aromatic rings. The minimum Gasteiger partial charge on any atom is -0.322 e. The molecule has 3 rings (SSSR count). The number of anilines is 1. The van der Waals surface area contributed by atoms with E-state index in [1.165, 1.54) is 4.90 Å². The molecule has 1 fully saturated rings. The standard InChI is InChI=1S/C18H15ClN2O3S/c1-11-5-6-14(19)8-15(11)20-17(23)13-4-2-3-12(7-13)9-21-16(22)10-25-18(21)24/h2-8H,9-10H2,1H3,(H,20,23). The maximum atomic E-state index is 12.5. The van der Waals surface area contributed by atoms with Crippen LogP contribution in [0, 0.1) is 6.92 Å². The van der Waals surface area contributed by atoms with Crippen molar-refractivity contribution < 1.29 is 14.4 Å². The van der Waals surface area contributed by atoms with Crippen molar-refractivity contribution >= 4 is 46.1 Å². The lowest BCUT2D eigenvalue weighted by Gasteiger charge is -2.14. The van der Waals surface area contributed by atoms with E-state index >= 15 is 0 Å². The third-order valence-corrected chi connectivity index (χ3v) is 4.91. The molecule has 0 aliphatic carbocycles. The number of halogens is 1. The Kier molecular flexibility index (Phi) is 5.11. The first-order valence-electron chi connectivity index (χ1n) is 7.57. The molecule has 25 heavy (non-hydrogen) atoms. The average molecular weight is 375 g/mol. The number of amides is 3. The van der Waals surface area contributed by atoms with Crippen molar-refractivity contribution in [3.63, 3.8) is 0 Å². The predicted octanol–water partition coefficient (Wildman–Crippen LogP) is 4.10. The zero-order chi connectivity index (χ0) is 18.0. The van der Waals surface area contributed by atoms with Crippen LogP contribution in [0.1, 0.15) is 21.5 Å². The van der Waals surface area contributed by atoms with E-state index in [9.17, 15) is 14.4 Å². The number of nitrogens with one attached hydrogen (secondary N) is 1. The van der Waals surface area contributed by atoms with Crippen LogP contribution in [0.25, 0.3) is 0 Å². The van der Waals surface area contributed by atoms with Gasteiger partial charge in [-0.2, -0.15) is 0 Å². The lowest BCUT2D eigenvalue weighted by Crippen LogP contribution is -2.28. The fourth-order valence-electron chi connectivity index (χ4n) is 2.45. The molecule has 0 aromatic heterocycles. The summed E-state index contributed by atoms with van der Waals surface area (Å²) >= 11 is 6.96. The summed E-state index contributed by atoms with van der Waals surface area (Å²) in [4.78, 5) is 37.1. The molecule has 1 aliphatic rings. The van der Waals surface area contributed by atoms with Crippen LogP contribution >= 0.6 is 23.4 Å². The fraction of sp³-hybridized carbons (Fsp3) is 0.167. The molecule has 0 atom stereocenters. The Labute approximate surface area is 154 Å². The molecule has 7 heteroatoms. The average Bonchev–Trinajstić information content (AvgIpc) is 2.90. The van der Waals surface area contributed by atoms with Crippen LogP contribution in [0.5, 0.6) is 0 Å². The first-order chi connectivity index (χ1) is 11.9. The second kappa shape index (κ2) is 7.29. The molecule has 128 valence electrons. The van der Waals surface area contributed by atoms with Crippen molar-refractivity contribution in [3.05, 3.63) is 64.2 Å². The van der Waals surface area contributed by atoms with Crippen molar-refractivity contribution in [2.75, 3.05) is 11.1 Å². The van der Waals surface area contributed by atoms with Gasteiger partial charge in [0.25, 0.3) is 11.1 Å². The summed E-state index contributed by atoms with van der Waals surface area (Å²) in [6.07, 6.45) is 0. The molecule has 1 heterocycles. The molecule has 0 unspecified atom stereocenters. The van der Waals surface area contributed by atoms with Gasteiger partial charge in [-0.3, -0.25) is 19.3 Å². The zero-order valence-corrected chi connectivity index (χ0v) is 15.0. The van der Waals surface area contributed by atoms with Gasteiger partial charge in [0.05, 0.1) is 12.3 Å². The Balaban J connectivity index is 1.76. The summed E-state index contributed by atoms with van der Waals surface area (Å²) < 4.78 is 0. The van der Waals surface area contributed by atoms with Crippen LogP contribution in [-0.4, -0.2) is 27.7 Å². The predicted molar refractivity (Wildman–Crippen MR) is 99.0 cm³/mol. The van der Waals surface area contributed by atoms with Crippen molar-refractivity contribution in [2.45, 2.75) is 13.5 Å². The van der Waals surface area contributed by atoms with Crippen molar-refractivity contribution in [3.8, 4) is 0 Å². The first kappa shape index (κ1) is 17.5. The number of aryl methyl sites for hydroxylation is 1. The Hall–Kier alpha value is -2.31. The van der Waals surface area contributed by atoms with E-state index in [1.54, 1.807) is 36.4 Å². The smallest absolute Gasteiger partial charge is 0.289 e. The van der Waals surface area contributed by atoms with Crippen LogP contribution < -0.4 is 5.32 Å². The summed E-state index contributed by atoms with van der Waals surface area (Å²) in [6, 6.07) is 12.2. The zero-order valence-electron chi connectivity index (χ0n) is 13.4. The Morgan fingerprint density at radius 2 is 2.04 bits per heavy atom.